The van der Waals surface area contributed by atoms with Crippen molar-refractivity contribution < 1.29 is 0 Å². The second-order valence-corrected chi connectivity index (χ2v) is 7.66. The van der Waals surface area contributed by atoms with Gasteiger partial charge in [0.25, 0.3) is 0 Å². The Morgan fingerprint density at radius 1 is 0.692 bits per heavy atom. The van der Waals surface area contributed by atoms with Gasteiger partial charge in [0.1, 0.15) is 0 Å². The molecule has 3 heterocycles. The number of pyridine rings is 1. The molecule has 2 aliphatic rings. The number of likely N-dealkylation sites (tertiary alicyclic amines) is 1. The van der Waals surface area contributed by atoms with Crippen LogP contribution < -0.4 is 0 Å². The average molecular weight is 351 g/mol. The third-order valence-electron chi connectivity index (χ3n) is 5.88. The third-order valence-corrected chi connectivity index (χ3v) is 5.88. The minimum Gasteiger partial charge on any atom is -0.299 e. The van der Waals surface area contributed by atoms with Gasteiger partial charge in [-0.1, -0.05) is 30.3 Å². The fraction of sp³-hybridized carbons (Fsp3) is 0.500. The Hall–Kier alpha value is -1.75. The predicted molar refractivity (Wildman–Crippen MR) is 106 cm³/mol. The topological polar surface area (TPSA) is 22.6 Å². The first-order valence-electron chi connectivity index (χ1n) is 9.98. The Bertz CT molecular complexity index is 585. The van der Waals surface area contributed by atoms with Crippen LogP contribution in [0.1, 0.15) is 24.0 Å². The summed E-state index contributed by atoms with van der Waals surface area (Å²) in [7, 11) is 0. The molecule has 4 nitrogen and oxygen atoms in total. The van der Waals surface area contributed by atoms with E-state index in [1.54, 1.807) is 0 Å². The Balaban J connectivity index is 1.20. The second kappa shape index (κ2) is 8.76. The highest BCUT2D eigenvalue weighted by atomic mass is 15.3. The number of hydrogen-bond donors (Lipinski definition) is 0. The summed E-state index contributed by atoms with van der Waals surface area (Å²) in [6.45, 7) is 9.44. The van der Waals surface area contributed by atoms with Crippen molar-refractivity contribution in [1.29, 1.82) is 0 Å². The molecule has 0 saturated carbocycles. The van der Waals surface area contributed by atoms with Crippen LogP contribution in [-0.4, -0.2) is 65.0 Å². The number of piperazine rings is 1. The molecule has 4 rings (SSSR count). The summed E-state index contributed by atoms with van der Waals surface area (Å²) >= 11 is 0. The molecule has 0 unspecified atom stereocenters. The van der Waals surface area contributed by atoms with E-state index in [1.807, 2.05) is 12.4 Å². The zero-order chi connectivity index (χ0) is 17.6. The van der Waals surface area contributed by atoms with E-state index in [4.69, 9.17) is 0 Å². The predicted octanol–water partition coefficient (Wildman–Crippen LogP) is 2.86. The molecule has 138 valence electrons. The lowest BCUT2D eigenvalue weighted by atomic mass is 10.0. The zero-order valence-corrected chi connectivity index (χ0v) is 15.6. The maximum absolute atomic E-state index is 4.11. The molecule has 0 amide bonds. The number of aromatic nitrogens is 1. The van der Waals surface area contributed by atoms with Gasteiger partial charge in [-0.15, -0.1) is 0 Å². The monoisotopic (exact) mass is 350 g/mol. The first-order chi connectivity index (χ1) is 12.9. The summed E-state index contributed by atoms with van der Waals surface area (Å²) < 4.78 is 0. The molecule has 4 heteroatoms. The lowest BCUT2D eigenvalue weighted by Gasteiger charge is -2.42. The Morgan fingerprint density at radius 3 is 1.92 bits per heavy atom. The molecular weight excluding hydrogens is 320 g/mol. The van der Waals surface area contributed by atoms with Gasteiger partial charge >= 0.3 is 0 Å². The van der Waals surface area contributed by atoms with E-state index in [9.17, 15) is 0 Å². The highest BCUT2D eigenvalue weighted by molar-refractivity contribution is 5.14. The van der Waals surface area contributed by atoms with Crippen molar-refractivity contribution in [3.8, 4) is 0 Å². The van der Waals surface area contributed by atoms with Gasteiger partial charge < -0.3 is 0 Å². The molecule has 2 saturated heterocycles. The number of piperidine rings is 1. The van der Waals surface area contributed by atoms with E-state index in [2.05, 4.69) is 62.1 Å². The first kappa shape index (κ1) is 17.7. The normalized spacial score (nSPS) is 21.1. The van der Waals surface area contributed by atoms with Crippen molar-refractivity contribution in [3.63, 3.8) is 0 Å². The fourth-order valence-electron chi connectivity index (χ4n) is 4.32. The molecule has 0 N–H and O–H groups in total. The zero-order valence-electron chi connectivity index (χ0n) is 15.6. The van der Waals surface area contributed by atoms with Crippen LogP contribution in [0.2, 0.25) is 0 Å². The highest BCUT2D eigenvalue weighted by Crippen LogP contribution is 2.20. The minimum atomic E-state index is 0.782. The van der Waals surface area contributed by atoms with Gasteiger partial charge in [0.2, 0.25) is 0 Å². The number of hydrogen-bond acceptors (Lipinski definition) is 4. The van der Waals surface area contributed by atoms with Crippen LogP contribution in [0.3, 0.4) is 0 Å². The second-order valence-electron chi connectivity index (χ2n) is 7.66. The molecule has 2 aliphatic heterocycles. The van der Waals surface area contributed by atoms with Crippen molar-refractivity contribution in [2.75, 3.05) is 39.3 Å². The molecule has 26 heavy (non-hydrogen) atoms. The summed E-state index contributed by atoms with van der Waals surface area (Å²) in [6.07, 6.45) is 6.43. The van der Waals surface area contributed by atoms with Gasteiger partial charge in [-0.2, -0.15) is 0 Å². The van der Waals surface area contributed by atoms with E-state index in [0.717, 1.165) is 19.1 Å². The van der Waals surface area contributed by atoms with Crippen LogP contribution in [0.4, 0.5) is 0 Å². The van der Waals surface area contributed by atoms with Gasteiger partial charge in [-0.05, 0) is 49.2 Å². The van der Waals surface area contributed by atoms with Gasteiger partial charge in [0, 0.05) is 57.7 Å². The van der Waals surface area contributed by atoms with E-state index in [0.29, 0.717) is 0 Å². The van der Waals surface area contributed by atoms with Crippen LogP contribution in [0.5, 0.6) is 0 Å². The van der Waals surface area contributed by atoms with Crippen molar-refractivity contribution >= 4 is 0 Å². The van der Waals surface area contributed by atoms with E-state index < -0.39 is 0 Å². The fourth-order valence-corrected chi connectivity index (χ4v) is 4.32. The molecule has 2 fully saturated rings. The molecule has 0 bridgehead atoms. The van der Waals surface area contributed by atoms with Crippen molar-refractivity contribution in [1.82, 2.24) is 19.7 Å². The van der Waals surface area contributed by atoms with E-state index in [1.165, 1.54) is 63.2 Å². The van der Waals surface area contributed by atoms with Gasteiger partial charge in [-0.3, -0.25) is 19.7 Å². The number of rotatable bonds is 5. The molecule has 0 spiro atoms. The molecule has 1 aromatic carbocycles. The minimum absolute atomic E-state index is 0.782. The highest BCUT2D eigenvalue weighted by Gasteiger charge is 2.27. The van der Waals surface area contributed by atoms with Crippen molar-refractivity contribution in [2.24, 2.45) is 0 Å². The van der Waals surface area contributed by atoms with Gasteiger partial charge in [-0.25, -0.2) is 0 Å². The smallest absolute Gasteiger partial charge is 0.0271 e. The molecule has 0 radical (unpaired) electrons. The van der Waals surface area contributed by atoms with Crippen LogP contribution in [0, 0.1) is 0 Å². The lowest BCUT2D eigenvalue weighted by molar-refractivity contribution is 0.0550. The van der Waals surface area contributed by atoms with Crippen molar-refractivity contribution in [2.45, 2.75) is 32.0 Å². The molecule has 1 aromatic heterocycles. The van der Waals surface area contributed by atoms with Crippen LogP contribution >= 0.6 is 0 Å². The Labute approximate surface area is 157 Å². The summed E-state index contributed by atoms with van der Waals surface area (Å²) in [5.41, 5.74) is 2.82. The molecule has 0 atom stereocenters. The quantitative estimate of drug-likeness (QED) is 0.827. The number of nitrogens with zero attached hydrogens (tertiary/aromatic N) is 4. The number of benzene rings is 1. The summed E-state index contributed by atoms with van der Waals surface area (Å²) in [5.74, 6) is 0. The average Bonchev–Trinajstić information content (AvgIpc) is 2.71. The molecular formula is C22H30N4. The summed E-state index contributed by atoms with van der Waals surface area (Å²) in [5, 5.41) is 0. The van der Waals surface area contributed by atoms with E-state index >= 15 is 0 Å². The third kappa shape index (κ3) is 4.70. The maximum Gasteiger partial charge on any atom is 0.0271 e. The summed E-state index contributed by atoms with van der Waals surface area (Å²) in [4.78, 5) is 12.0. The van der Waals surface area contributed by atoms with Gasteiger partial charge in [0.15, 0.2) is 0 Å². The Kier molecular flexibility index (Phi) is 5.95. The van der Waals surface area contributed by atoms with Crippen LogP contribution in [-0.2, 0) is 13.1 Å². The van der Waals surface area contributed by atoms with Crippen molar-refractivity contribution in [3.05, 3.63) is 66.0 Å². The van der Waals surface area contributed by atoms with Gasteiger partial charge in [0.05, 0.1) is 0 Å². The standard InChI is InChI=1S/C22H30N4/c1-2-4-20(5-3-1)18-24-12-8-22(9-13-24)26-16-14-25(15-17-26)19-21-6-10-23-11-7-21/h1-7,10-11,22H,8-9,12-19H2. The molecule has 2 aromatic rings. The lowest BCUT2D eigenvalue weighted by Crippen LogP contribution is -2.52. The van der Waals surface area contributed by atoms with Crippen LogP contribution in [0.25, 0.3) is 0 Å². The summed E-state index contributed by atoms with van der Waals surface area (Å²) in [6, 6.07) is 15.9. The first-order valence-corrected chi connectivity index (χ1v) is 9.98. The Morgan fingerprint density at radius 2 is 1.27 bits per heavy atom. The van der Waals surface area contributed by atoms with Crippen LogP contribution in [0.15, 0.2) is 54.9 Å². The molecule has 0 aliphatic carbocycles. The SMILES string of the molecule is c1ccc(CN2CCC(N3CCN(Cc4ccncc4)CC3)CC2)cc1. The van der Waals surface area contributed by atoms with E-state index in [-0.39, 0.29) is 0 Å². The largest absolute Gasteiger partial charge is 0.299 e. The maximum atomic E-state index is 4.11.